The van der Waals surface area contributed by atoms with Gasteiger partial charge < -0.3 is 23.7 Å². The van der Waals surface area contributed by atoms with Gasteiger partial charge in [0.05, 0.1) is 12.7 Å². The Hall–Kier alpha value is -1.43. The fraction of sp³-hybridized carbons (Fsp3) is 0.759. The lowest BCUT2D eigenvalue weighted by Gasteiger charge is -2.52. The Morgan fingerprint density at radius 1 is 0.941 bits per heavy atom. The number of benzene rings is 1. The van der Waals surface area contributed by atoms with E-state index in [9.17, 15) is 4.79 Å². The molecule has 0 spiro atoms. The SMILES string of the molecule is C[C@]12CCC3c4ccc(OC5CCCCO5)cc4C(C=O)CC3C1CC[C@@H]2OC1CCCCO1. The molecule has 4 fully saturated rings. The Morgan fingerprint density at radius 2 is 1.74 bits per heavy atom. The first-order valence-electron chi connectivity index (χ1n) is 13.8. The van der Waals surface area contributed by atoms with E-state index in [4.69, 9.17) is 18.9 Å². The zero-order valence-corrected chi connectivity index (χ0v) is 20.6. The van der Waals surface area contributed by atoms with Gasteiger partial charge in [-0.1, -0.05) is 13.0 Å². The summed E-state index contributed by atoms with van der Waals surface area (Å²) in [4.78, 5) is 12.3. The Bertz CT molecular complexity index is 873. The van der Waals surface area contributed by atoms with Gasteiger partial charge in [-0.3, -0.25) is 0 Å². The third-order valence-electron chi connectivity index (χ3n) is 9.76. The van der Waals surface area contributed by atoms with Crippen molar-refractivity contribution in [2.45, 2.75) is 108 Å². The van der Waals surface area contributed by atoms with Crippen LogP contribution in [0.15, 0.2) is 18.2 Å². The zero-order chi connectivity index (χ0) is 23.1. The highest BCUT2D eigenvalue weighted by Crippen LogP contribution is 2.63. The van der Waals surface area contributed by atoms with Crippen LogP contribution in [-0.4, -0.2) is 38.2 Å². The van der Waals surface area contributed by atoms with Crippen LogP contribution < -0.4 is 4.74 Å². The fourth-order valence-electron chi connectivity index (χ4n) is 7.97. The molecule has 2 heterocycles. The van der Waals surface area contributed by atoms with E-state index < -0.39 is 0 Å². The maximum atomic E-state index is 12.3. The molecule has 8 atom stereocenters. The van der Waals surface area contributed by atoms with E-state index in [1.807, 2.05) is 0 Å². The van der Waals surface area contributed by atoms with E-state index in [1.54, 1.807) is 0 Å². The summed E-state index contributed by atoms with van der Waals surface area (Å²) in [6, 6.07) is 6.50. The van der Waals surface area contributed by atoms with Gasteiger partial charge in [0.25, 0.3) is 0 Å². The molecular formula is C29H40O5. The van der Waals surface area contributed by atoms with Gasteiger partial charge in [-0.05, 0) is 111 Å². The van der Waals surface area contributed by atoms with Crippen LogP contribution in [0, 0.1) is 17.3 Å². The van der Waals surface area contributed by atoms with Gasteiger partial charge in [0, 0.05) is 18.9 Å². The number of hydrogen-bond donors (Lipinski definition) is 0. The highest BCUT2D eigenvalue weighted by atomic mass is 16.7. The Balaban J connectivity index is 1.21. The first kappa shape index (κ1) is 23.0. The summed E-state index contributed by atoms with van der Waals surface area (Å²) >= 11 is 0. The van der Waals surface area contributed by atoms with Crippen LogP contribution in [0.2, 0.25) is 0 Å². The second-order valence-corrected chi connectivity index (χ2v) is 11.6. The Labute approximate surface area is 203 Å². The predicted octanol–water partition coefficient (Wildman–Crippen LogP) is 6.10. The van der Waals surface area contributed by atoms with Crippen LogP contribution in [-0.2, 0) is 19.0 Å². The second kappa shape index (κ2) is 9.55. The molecule has 1 aromatic carbocycles. The van der Waals surface area contributed by atoms with Crippen LogP contribution in [0.5, 0.6) is 5.75 Å². The summed E-state index contributed by atoms with van der Waals surface area (Å²) in [5.41, 5.74) is 2.76. The predicted molar refractivity (Wildman–Crippen MR) is 129 cm³/mol. The van der Waals surface area contributed by atoms with Crippen molar-refractivity contribution in [2.75, 3.05) is 13.2 Å². The fourth-order valence-corrected chi connectivity index (χ4v) is 7.97. The molecule has 2 saturated heterocycles. The summed E-state index contributed by atoms with van der Waals surface area (Å²) in [6.07, 6.45) is 13.5. The Kier molecular flexibility index (Phi) is 6.46. The second-order valence-electron chi connectivity index (χ2n) is 11.6. The first-order valence-corrected chi connectivity index (χ1v) is 13.8. The highest BCUT2D eigenvalue weighted by Gasteiger charge is 2.56. The topological polar surface area (TPSA) is 54.0 Å². The third kappa shape index (κ3) is 4.12. The number of rotatable bonds is 5. The molecule has 0 bridgehead atoms. The van der Waals surface area contributed by atoms with Gasteiger partial charge in [0.2, 0.25) is 0 Å². The van der Waals surface area contributed by atoms with Crippen molar-refractivity contribution >= 4 is 6.29 Å². The lowest BCUT2D eigenvalue weighted by molar-refractivity contribution is -0.213. The van der Waals surface area contributed by atoms with Crippen LogP contribution >= 0.6 is 0 Å². The summed E-state index contributed by atoms with van der Waals surface area (Å²) < 4.78 is 24.5. The molecule has 186 valence electrons. The van der Waals surface area contributed by atoms with Crippen molar-refractivity contribution in [1.82, 2.24) is 0 Å². The van der Waals surface area contributed by atoms with E-state index in [-0.39, 0.29) is 30.0 Å². The van der Waals surface area contributed by atoms with Gasteiger partial charge in [-0.2, -0.15) is 0 Å². The van der Waals surface area contributed by atoms with Crippen LogP contribution in [0.25, 0.3) is 0 Å². The number of fused-ring (bicyclic) bond motifs is 5. The van der Waals surface area contributed by atoms with Gasteiger partial charge in [-0.15, -0.1) is 0 Å². The molecule has 6 unspecified atom stereocenters. The number of hydrogen-bond acceptors (Lipinski definition) is 5. The van der Waals surface area contributed by atoms with Gasteiger partial charge in [-0.25, -0.2) is 0 Å². The molecule has 5 heteroatoms. The molecule has 2 aliphatic heterocycles. The lowest BCUT2D eigenvalue weighted by atomic mass is 9.54. The summed E-state index contributed by atoms with van der Waals surface area (Å²) in [6.45, 7) is 4.06. The maximum Gasteiger partial charge on any atom is 0.199 e. The van der Waals surface area contributed by atoms with E-state index in [0.29, 0.717) is 17.8 Å². The van der Waals surface area contributed by atoms with E-state index in [0.717, 1.165) is 63.9 Å². The summed E-state index contributed by atoms with van der Waals surface area (Å²) in [7, 11) is 0. The third-order valence-corrected chi connectivity index (χ3v) is 9.76. The highest BCUT2D eigenvalue weighted by molar-refractivity contribution is 5.65. The monoisotopic (exact) mass is 468 g/mol. The molecule has 1 aromatic rings. The van der Waals surface area contributed by atoms with Crippen LogP contribution in [0.3, 0.4) is 0 Å². The minimum atomic E-state index is -0.156. The molecule has 5 nitrogen and oxygen atoms in total. The maximum absolute atomic E-state index is 12.3. The smallest absolute Gasteiger partial charge is 0.199 e. The van der Waals surface area contributed by atoms with Crippen molar-refractivity contribution in [3.8, 4) is 5.75 Å². The molecular weight excluding hydrogens is 428 g/mol. The molecule has 5 aliphatic rings. The molecule has 3 aliphatic carbocycles. The van der Waals surface area contributed by atoms with Gasteiger partial charge >= 0.3 is 0 Å². The van der Waals surface area contributed by atoms with Crippen molar-refractivity contribution < 1.29 is 23.7 Å². The molecule has 34 heavy (non-hydrogen) atoms. The number of ether oxygens (including phenoxy) is 4. The molecule has 0 amide bonds. The quantitative estimate of drug-likeness (QED) is 0.489. The van der Waals surface area contributed by atoms with Crippen LogP contribution in [0.1, 0.15) is 101 Å². The molecule has 6 rings (SSSR count). The number of aldehydes is 1. The van der Waals surface area contributed by atoms with E-state index in [2.05, 4.69) is 25.1 Å². The van der Waals surface area contributed by atoms with E-state index >= 15 is 0 Å². The minimum Gasteiger partial charge on any atom is -0.465 e. The molecule has 2 saturated carbocycles. The largest absolute Gasteiger partial charge is 0.465 e. The summed E-state index contributed by atoms with van der Waals surface area (Å²) in [5.74, 6) is 2.50. The average Bonchev–Trinajstić information content (AvgIpc) is 3.20. The van der Waals surface area contributed by atoms with E-state index in [1.165, 1.54) is 43.1 Å². The van der Waals surface area contributed by atoms with Crippen molar-refractivity contribution in [1.29, 1.82) is 0 Å². The van der Waals surface area contributed by atoms with Crippen molar-refractivity contribution in [3.05, 3.63) is 29.3 Å². The van der Waals surface area contributed by atoms with Crippen molar-refractivity contribution in [2.24, 2.45) is 17.3 Å². The lowest BCUT2D eigenvalue weighted by Crippen LogP contribution is -2.46. The number of carbonyl (C=O) groups excluding carboxylic acids is 1. The van der Waals surface area contributed by atoms with Crippen LogP contribution in [0.4, 0.5) is 0 Å². The van der Waals surface area contributed by atoms with Gasteiger partial charge in [0.15, 0.2) is 12.6 Å². The summed E-state index contributed by atoms with van der Waals surface area (Å²) in [5, 5.41) is 0. The standard InChI is InChI=1S/C29H40O5/c1-29-13-12-22-21-9-8-20(33-27-6-2-4-14-31-27)17-23(21)19(18-30)16-24(22)25(29)10-11-26(29)34-28-7-3-5-15-32-28/h8-9,17-19,22,24-28H,2-7,10-16H2,1H3/t19?,22?,24?,25?,26-,27?,28?,29-/m0/s1. The molecule has 0 N–H and O–H groups in total. The first-order chi connectivity index (χ1) is 16.7. The molecule has 0 radical (unpaired) electrons. The average molecular weight is 469 g/mol. The molecule has 0 aromatic heterocycles. The number of carbonyl (C=O) groups is 1. The van der Waals surface area contributed by atoms with Gasteiger partial charge in [0.1, 0.15) is 12.0 Å². The Morgan fingerprint density at radius 3 is 2.47 bits per heavy atom. The minimum absolute atomic E-state index is 0.0200. The van der Waals surface area contributed by atoms with Crippen molar-refractivity contribution in [3.63, 3.8) is 0 Å². The normalized spacial score (nSPS) is 41.7. The zero-order valence-electron chi connectivity index (χ0n) is 20.6.